The van der Waals surface area contributed by atoms with E-state index in [1.54, 1.807) is 10.6 Å². The number of fused-ring (bicyclic) bond motifs is 2. The lowest BCUT2D eigenvalue weighted by atomic mass is 10.1. The van der Waals surface area contributed by atoms with E-state index in [-0.39, 0.29) is 5.91 Å². The minimum absolute atomic E-state index is 0.0847. The number of rotatable bonds is 5. The van der Waals surface area contributed by atoms with Gasteiger partial charge in [0.1, 0.15) is 5.75 Å². The molecular weight excluding hydrogens is 382 g/mol. The van der Waals surface area contributed by atoms with Crippen LogP contribution in [0.2, 0.25) is 0 Å². The summed E-state index contributed by atoms with van der Waals surface area (Å²) in [4.78, 5) is 29.0. The maximum absolute atomic E-state index is 12.7. The number of hydrogen-bond donors (Lipinski definition) is 0. The van der Waals surface area contributed by atoms with Gasteiger partial charge in [0, 0.05) is 52.1 Å². The van der Waals surface area contributed by atoms with Crippen LogP contribution in [0, 0.1) is 0 Å². The summed E-state index contributed by atoms with van der Waals surface area (Å²) in [6, 6.07) is 13.7. The lowest BCUT2D eigenvalue weighted by molar-refractivity contribution is -0.133. The molecule has 7 nitrogen and oxygen atoms in total. The van der Waals surface area contributed by atoms with E-state index in [2.05, 4.69) is 23.1 Å². The number of aromatic nitrogens is 1. The fraction of sp³-hybridized carbons (Fsp3) is 0.391. The van der Waals surface area contributed by atoms with E-state index < -0.39 is 5.76 Å². The van der Waals surface area contributed by atoms with Crippen molar-refractivity contribution >= 4 is 17.0 Å². The average Bonchev–Trinajstić information content (AvgIpc) is 3.35. The largest absolute Gasteiger partial charge is 0.493 e. The second kappa shape index (κ2) is 7.99. The van der Waals surface area contributed by atoms with Crippen molar-refractivity contribution in [2.75, 3.05) is 32.8 Å². The number of benzene rings is 2. The minimum Gasteiger partial charge on any atom is -0.493 e. The van der Waals surface area contributed by atoms with E-state index in [1.807, 2.05) is 23.1 Å². The summed E-state index contributed by atoms with van der Waals surface area (Å²) in [5.74, 6) is 0.689. The molecule has 30 heavy (non-hydrogen) atoms. The van der Waals surface area contributed by atoms with Gasteiger partial charge in [-0.05, 0) is 29.3 Å². The molecule has 0 saturated carbocycles. The van der Waals surface area contributed by atoms with Crippen molar-refractivity contribution < 1.29 is 13.9 Å². The van der Waals surface area contributed by atoms with E-state index in [1.165, 1.54) is 11.1 Å². The Hall–Kier alpha value is -3.06. The zero-order chi connectivity index (χ0) is 20.5. The lowest BCUT2D eigenvalue weighted by Crippen LogP contribution is -2.48. The van der Waals surface area contributed by atoms with Crippen molar-refractivity contribution in [2.24, 2.45) is 0 Å². The van der Waals surface area contributed by atoms with Crippen LogP contribution in [0.5, 0.6) is 5.75 Å². The molecule has 0 aliphatic carbocycles. The number of amides is 1. The van der Waals surface area contributed by atoms with E-state index in [0.717, 1.165) is 43.9 Å². The molecule has 3 heterocycles. The molecule has 0 unspecified atom stereocenters. The van der Waals surface area contributed by atoms with Gasteiger partial charge in [0.15, 0.2) is 5.58 Å². The number of para-hydroxylation sites is 2. The van der Waals surface area contributed by atoms with Crippen molar-refractivity contribution in [2.45, 2.75) is 25.9 Å². The number of aryl methyl sites for hydroxylation is 1. The molecule has 5 rings (SSSR count). The van der Waals surface area contributed by atoms with E-state index in [9.17, 15) is 9.59 Å². The minimum atomic E-state index is -0.409. The summed E-state index contributed by atoms with van der Waals surface area (Å²) in [7, 11) is 0. The smallest absolute Gasteiger partial charge is 0.419 e. The first-order chi connectivity index (χ1) is 14.7. The summed E-state index contributed by atoms with van der Waals surface area (Å²) in [6.45, 7) is 5.15. The Balaban J connectivity index is 1.14. The Labute approximate surface area is 174 Å². The second-order valence-electron chi connectivity index (χ2n) is 7.93. The highest BCUT2D eigenvalue weighted by Crippen LogP contribution is 2.26. The molecule has 3 aromatic rings. The van der Waals surface area contributed by atoms with Crippen LogP contribution in [-0.2, 0) is 24.3 Å². The molecule has 0 N–H and O–H groups in total. The second-order valence-corrected chi connectivity index (χ2v) is 7.93. The Morgan fingerprint density at radius 3 is 2.73 bits per heavy atom. The van der Waals surface area contributed by atoms with Crippen LogP contribution >= 0.6 is 0 Å². The van der Waals surface area contributed by atoms with Crippen LogP contribution in [-0.4, -0.2) is 53.1 Å². The van der Waals surface area contributed by atoms with Crippen molar-refractivity contribution in [1.29, 1.82) is 0 Å². The number of nitrogens with zero attached hydrogens (tertiary/aromatic N) is 3. The predicted octanol–water partition coefficient (Wildman–Crippen LogP) is 2.26. The predicted molar refractivity (Wildman–Crippen MR) is 113 cm³/mol. The van der Waals surface area contributed by atoms with E-state index >= 15 is 0 Å². The van der Waals surface area contributed by atoms with Gasteiger partial charge < -0.3 is 14.1 Å². The molecule has 0 radical (unpaired) electrons. The van der Waals surface area contributed by atoms with Crippen molar-refractivity contribution in [3.8, 4) is 5.75 Å². The maximum atomic E-state index is 12.7. The van der Waals surface area contributed by atoms with Gasteiger partial charge in [0.05, 0.1) is 12.1 Å². The van der Waals surface area contributed by atoms with Gasteiger partial charge in [-0.25, -0.2) is 4.79 Å². The van der Waals surface area contributed by atoms with Gasteiger partial charge in [-0.15, -0.1) is 0 Å². The third-order valence-electron chi connectivity index (χ3n) is 6.01. The average molecular weight is 407 g/mol. The number of carbonyl (C=O) groups is 1. The first kappa shape index (κ1) is 18.9. The highest BCUT2D eigenvalue weighted by molar-refractivity contribution is 5.77. The van der Waals surface area contributed by atoms with Crippen LogP contribution in [0.4, 0.5) is 0 Å². The highest BCUT2D eigenvalue weighted by Gasteiger charge is 2.22. The number of hydrogen-bond acceptors (Lipinski definition) is 5. The monoisotopic (exact) mass is 407 g/mol. The number of ether oxygens (including phenoxy) is 1. The molecule has 0 spiro atoms. The summed E-state index contributed by atoms with van der Waals surface area (Å²) >= 11 is 0. The van der Waals surface area contributed by atoms with Crippen molar-refractivity contribution in [1.82, 2.24) is 14.4 Å². The lowest BCUT2D eigenvalue weighted by Gasteiger charge is -2.35. The third kappa shape index (κ3) is 3.73. The fourth-order valence-electron chi connectivity index (χ4n) is 4.34. The van der Waals surface area contributed by atoms with Gasteiger partial charge in [0.25, 0.3) is 0 Å². The van der Waals surface area contributed by atoms with Gasteiger partial charge in [-0.2, -0.15) is 0 Å². The number of piperazine rings is 1. The fourth-order valence-corrected chi connectivity index (χ4v) is 4.34. The summed E-state index contributed by atoms with van der Waals surface area (Å²) in [5, 5.41) is 0. The molecule has 0 bridgehead atoms. The molecule has 0 atom stereocenters. The molecular formula is C23H25N3O4. The summed E-state index contributed by atoms with van der Waals surface area (Å²) in [5.41, 5.74) is 3.88. The van der Waals surface area contributed by atoms with Gasteiger partial charge >= 0.3 is 5.76 Å². The molecule has 2 aromatic carbocycles. The zero-order valence-corrected chi connectivity index (χ0v) is 16.9. The zero-order valence-electron chi connectivity index (χ0n) is 16.9. The van der Waals surface area contributed by atoms with E-state index in [0.29, 0.717) is 31.6 Å². The Kier molecular flexibility index (Phi) is 5.04. The Bertz CT molecular complexity index is 1120. The normalized spacial score (nSPS) is 16.6. The summed E-state index contributed by atoms with van der Waals surface area (Å²) < 4.78 is 12.4. The van der Waals surface area contributed by atoms with Crippen molar-refractivity contribution in [3.63, 3.8) is 0 Å². The summed E-state index contributed by atoms with van der Waals surface area (Å²) in [6.07, 6.45) is 1.29. The van der Waals surface area contributed by atoms with Crippen LogP contribution in [0.15, 0.2) is 51.7 Å². The van der Waals surface area contributed by atoms with Gasteiger partial charge in [-0.1, -0.05) is 24.3 Å². The quantitative estimate of drug-likeness (QED) is 0.649. The third-order valence-corrected chi connectivity index (χ3v) is 6.01. The molecule has 1 saturated heterocycles. The molecule has 2 aliphatic rings. The van der Waals surface area contributed by atoms with E-state index in [4.69, 9.17) is 9.15 Å². The van der Waals surface area contributed by atoms with Crippen molar-refractivity contribution in [3.05, 3.63) is 64.1 Å². The Morgan fingerprint density at radius 1 is 1.03 bits per heavy atom. The van der Waals surface area contributed by atoms with Crippen LogP contribution in [0.25, 0.3) is 11.1 Å². The standard InChI is InChI=1S/C23H25N3O4/c27-22(7-9-26-19-3-1-2-4-21(19)30-23(26)28)25-12-10-24(11-13-25)16-17-5-6-20-18(15-17)8-14-29-20/h1-6,15H,7-14,16H2. The molecule has 156 valence electrons. The number of carbonyl (C=O) groups excluding carboxylic acids is 1. The van der Waals surface area contributed by atoms with Crippen LogP contribution in [0.3, 0.4) is 0 Å². The highest BCUT2D eigenvalue weighted by atomic mass is 16.5. The first-order valence-corrected chi connectivity index (χ1v) is 10.5. The van der Waals surface area contributed by atoms with Crippen LogP contribution in [0.1, 0.15) is 17.5 Å². The first-order valence-electron chi connectivity index (χ1n) is 10.5. The molecule has 1 amide bonds. The number of oxazole rings is 1. The molecule has 2 aliphatic heterocycles. The maximum Gasteiger partial charge on any atom is 0.419 e. The van der Waals surface area contributed by atoms with Gasteiger partial charge in [-0.3, -0.25) is 14.3 Å². The molecule has 7 heteroatoms. The SMILES string of the molecule is O=C(CCn1c(=O)oc2ccccc21)N1CCN(Cc2ccc3c(c2)CCO3)CC1. The topological polar surface area (TPSA) is 67.9 Å². The van der Waals surface area contributed by atoms with Crippen LogP contribution < -0.4 is 10.5 Å². The molecule has 1 aromatic heterocycles. The van der Waals surface area contributed by atoms with Gasteiger partial charge in [0.2, 0.25) is 5.91 Å². The molecule has 1 fully saturated rings. The Morgan fingerprint density at radius 2 is 1.87 bits per heavy atom.